The Kier molecular flexibility index (Phi) is 3.31. The van der Waals surface area contributed by atoms with Crippen molar-refractivity contribution in [2.75, 3.05) is 0 Å². The Hall–Kier alpha value is -0.640. The molecule has 2 aliphatic rings. The fourth-order valence-corrected chi connectivity index (χ4v) is 3.47. The van der Waals surface area contributed by atoms with Gasteiger partial charge in [0.25, 0.3) is 0 Å². The van der Waals surface area contributed by atoms with Crippen LogP contribution in [-0.4, -0.2) is 28.2 Å². The molecule has 0 aromatic heterocycles. The van der Waals surface area contributed by atoms with E-state index >= 15 is 0 Å². The van der Waals surface area contributed by atoms with Crippen LogP contribution in [0.4, 0.5) is 4.39 Å². The fourth-order valence-electron chi connectivity index (χ4n) is 3.35. The summed E-state index contributed by atoms with van der Waals surface area (Å²) >= 11 is 5.69. The van der Waals surface area contributed by atoms with E-state index in [0.29, 0.717) is 12.1 Å². The first kappa shape index (κ1) is 12.4. The molecule has 2 nitrogen and oxygen atoms in total. The Balaban J connectivity index is 1.75. The van der Waals surface area contributed by atoms with Crippen molar-refractivity contribution in [3.8, 4) is 0 Å². The van der Waals surface area contributed by atoms with E-state index in [1.165, 1.54) is 6.07 Å². The first-order chi connectivity index (χ1) is 8.63. The molecule has 2 heterocycles. The number of piperidine rings is 1. The van der Waals surface area contributed by atoms with Gasteiger partial charge in [0.1, 0.15) is 5.82 Å². The van der Waals surface area contributed by atoms with Crippen LogP contribution in [0.1, 0.15) is 31.2 Å². The number of fused-ring (bicyclic) bond motifs is 2. The van der Waals surface area contributed by atoms with Gasteiger partial charge in [0.15, 0.2) is 0 Å². The summed E-state index contributed by atoms with van der Waals surface area (Å²) in [7, 11) is 0. The lowest BCUT2D eigenvalue weighted by Gasteiger charge is -2.37. The lowest BCUT2D eigenvalue weighted by atomic mass is 9.99. The quantitative estimate of drug-likeness (QED) is 0.892. The number of aliphatic hydroxyl groups excluding tert-OH is 1. The third kappa shape index (κ3) is 2.27. The van der Waals surface area contributed by atoms with Crippen LogP contribution in [0.25, 0.3) is 0 Å². The smallest absolute Gasteiger partial charge is 0.142 e. The van der Waals surface area contributed by atoms with E-state index in [0.717, 1.165) is 37.8 Å². The maximum Gasteiger partial charge on any atom is 0.142 e. The molecule has 2 bridgehead atoms. The molecule has 2 aliphatic heterocycles. The van der Waals surface area contributed by atoms with E-state index in [2.05, 4.69) is 4.90 Å². The van der Waals surface area contributed by atoms with Crippen LogP contribution in [0.2, 0.25) is 5.02 Å². The molecule has 18 heavy (non-hydrogen) atoms. The summed E-state index contributed by atoms with van der Waals surface area (Å²) in [5.41, 5.74) is 0.963. The molecule has 1 N–H and O–H groups in total. The number of hydrogen-bond acceptors (Lipinski definition) is 2. The average Bonchev–Trinajstić information content (AvgIpc) is 2.58. The second-order valence-corrected chi connectivity index (χ2v) is 5.84. The summed E-state index contributed by atoms with van der Waals surface area (Å²) in [6.07, 6.45) is 3.86. The molecular formula is C14H17ClFNO. The van der Waals surface area contributed by atoms with Gasteiger partial charge in [-0.25, -0.2) is 4.39 Å². The number of halogens is 2. The number of nitrogens with zero attached hydrogens (tertiary/aromatic N) is 1. The average molecular weight is 270 g/mol. The zero-order chi connectivity index (χ0) is 12.7. The van der Waals surface area contributed by atoms with Gasteiger partial charge in [0.2, 0.25) is 0 Å². The predicted octanol–water partition coefficient (Wildman–Crippen LogP) is 2.97. The van der Waals surface area contributed by atoms with Crippen LogP contribution in [0, 0.1) is 5.82 Å². The lowest BCUT2D eigenvalue weighted by molar-refractivity contribution is 0.0310. The molecule has 0 aliphatic carbocycles. The molecule has 1 aromatic rings. The molecule has 2 saturated heterocycles. The summed E-state index contributed by atoms with van der Waals surface area (Å²) in [5, 5.41) is 9.93. The SMILES string of the molecule is OC1CC2CCC(C1)N2Cc1ccc(Cl)c(F)c1. The molecule has 4 heteroatoms. The Labute approximate surface area is 111 Å². The Morgan fingerprint density at radius 3 is 2.56 bits per heavy atom. The van der Waals surface area contributed by atoms with Crippen molar-refractivity contribution in [1.82, 2.24) is 4.90 Å². The lowest BCUT2D eigenvalue weighted by Crippen LogP contribution is -2.44. The van der Waals surface area contributed by atoms with E-state index in [-0.39, 0.29) is 16.9 Å². The second-order valence-electron chi connectivity index (χ2n) is 5.43. The summed E-state index contributed by atoms with van der Waals surface area (Å²) in [6.45, 7) is 0.760. The molecule has 3 rings (SSSR count). The summed E-state index contributed by atoms with van der Waals surface area (Å²) in [6, 6.07) is 5.94. The van der Waals surface area contributed by atoms with Gasteiger partial charge in [0.05, 0.1) is 11.1 Å². The molecule has 0 radical (unpaired) electrons. The number of aliphatic hydroxyl groups is 1. The molecule has 1 aromatic carbocycles. The highest BCUT2D eigenvalue weighted by molar-refractivity contribution is 6.30. The number of benzene rings is 1. The minimum atomic E-state index is -0.349. The van der Waals surface area contributed by atoms with Gasteiger partial charge < -0.3 is 5.11 Å². The van der Waals surface area contributed by atoms with Crippen molar-refractivity contribution in [3.05, 3.63) is 34.6 Å². The minimum absolute atomic E-state index is 0.152. The molecule has 0 saturated carbocycles. The van der Waals surface area contributed by atoms with E-state index < -0.39 is 0 Å². The van der Waals surface area contributed by atoms with Gasteiger partial charge in [-0.1, -0.05) is 17.7 Å². The van der Waals surface area contributed by atoms with E-state index in [1.54, 1.807) is 6.07 Å². The van der Waals surface area contributed by atoms with Crippen LogP contribution >= 0.6 is 11.6 Å². The zero-order valence-electron chi connectivity index (χ0n) is 10.1. The van der Waals surface area contributed by atoms with Crippen LogP contribution < -0.4 is 0 Å². The molecule has 98 valence electrons. The van der Waals surface area contributed by atoms with Crippen LogP contribution in [-0.2, 0) is 6.54 Å². The summed E-state index contributed by atoms with van der Waals surface area (Å²) < 4.78 is 13.4. The van der Waals surface area contributed by atoms with Crippen LogP contribution in [0.15, 0.2) is 18.2 Å². The highest BCUT2D eigenvalue weighted by Crippen LogP contribution is 2.36. The number of hydrogen-bond donors (Lipinski definition) is 1. The minimum Gasteiger partial charge on any atom is -0.393 e. The normalized spacial score (nSPS) is 31.8. The third-order valence-electron chi connectivity index (χ3n) is 4.21. The van der Waals surface area contributed by atoms with E-state index in [4.69, 9.17) is 11.6 Å². The molecule has 0 amide bonds. The van der Waals surface area contributed by atoms with Crippen molar-refractivity contribution in [1.29, 1.82) is 0 Å². The standard InChI is InChI=1S/C14H17ClFNO/c15-13-4-1-9(5-14(13)16)8-17-10-2-3-11(17)7-12(18)6-10/h1,4-5,10-12,18H,2-3,6-8H2. The third-order valence-corrected chi connectivity index (χ3v) is 4.52. The Morgan fingerprint density at radius 2 is 1.94 bits per heavy atom. The van der Waals surface area contributed by atoms with Crippen molar-refractivity contribution >= 4 is 11.6 Å². The first-order valence-corrected chi connectivity index (χ1v) is 6.89. The highest BCUT2D eigenvalue weighted by atomic mass is 35.5. The largest absolute Gasteiger partial charge is 0.393 e. The zero-order valence-corrected chi connectivity index (χ0v) is 10.9. The molecular weight excluding hydrogens is 253 g/mol. The maximum atomic E-state index is 13.4. The Bertz CT molecular complexity index is 439. The van der Waals surface area contributed by atoms with E-state index in [9.17, 15) is 9.50 Å². The second kappa shape index (κ2) is 4.80. The van der Waals surface area contributed by atoms with E-state index in [1.807, 2.05) is 6.07 Å². The van der Waals surface area contributed by atoms with Gasteiger partial charge in [-0.2, -0.15) is 0 Å². The van der Waals surface area contributed by atoms with Crippen molar-refractivity contribution in [2.24, 2.45) is 0 Å². The van der Waals surface area contributed by atoms with Crippen LogP contribution in [0.5, 0.6) is 0 Å². The highest BCUT2D eigenvalue weighted by Gasteiger charge is 2.39. The van der Waals surface area contributed by atoms with Crippen LogP contribution in [0.3, 0.4) is 0 Å². The summed E-state index contributed by atoms with van der Waals surface area (Å²) in [5.74, 6) is -0.349. The Morgan fingerprint density at radius 1 is 1.28 bits per heavy atom. The summed E-state index contributed by atoms with van der Waals surface area (Å²) in [4.78, 5) is 2.41. The van der Waals surface area contributed by atoms with Gasteiger partial charge in [0, 0.05) is 18.6 Å². The fraction of sp³-hybridized carbons (Fsp3) is 0.571. The van der Waals surface area contributed by atoms with Gasteiger partial charge in [-0.3, -0.25) is 4.90 Å². The predicted molar refractivity (Wildman–Crippen MR) is 69.0 cm³/mol. The monoisotopic (exact) mass is 269 g/mol. The molecule has 2 fully saturated rings. The van der Waals surface area contributed by atoms with Crippen molar-refractivity contribution in [2.45, 2.75) is 50.4 Å². The molecule has 2 unspecified atom stereocenters. The van der Waals surface area contributed by atoms with Crippen molar-refractivity contribution < 1.29 is 9.50 Å². The molecule has 0 spiro atoms. The number of rotatable bonds is 2. The molecule has 2 atom stereocenters. The topological polar surface area (TPSA) is 23.5 Å². The van der Waals surface area contributed by atoms with Crippen molar-refractivity contribution in [3.63, 3.8) is 0 Å². The van der Waals surface area contributed by atoms with Gasteiger partial charge in [-0.15, -0.1) is 0 Å². The van der Waals surface area contributed by atoms with Gasteiger partial charge >= 0.3 is 0 Å². The first-order valence-electron chi connectivity index (χ1n) is 6.51. The van der Waals surface area contributed by atoms with Gasteiger partial charge in [-0.05, 0) is 43.4 Å². The maximum absolute atomic E-state index is 13.4.